The number of alkyl halides is 3. The number of halogens is 3. The molecule has 0 aliphatic heterocycles. The fraction of sp³-hybridized carbons (Fsp3) is 0.571. The van der Waals surface area contributed by atoms with E-state index in [9.17, 15) is 0 Å². The van der Waals surface area contributed by atoms with Crippen LogP contribution in [0.1, 0.15) is 12.2 Å². The first kappa shape index (κ1) is 11.1. The molecule has 1 aromatic rings. The summed E-state index contributed by atoms with van der Waals surface area (Å²) in [6, 6.07) is 0. The van der Waals surface area contributed by atoms with Crippen LogP contribution in [0.5, 0.6) is 0 Å². The van der Waals surface area contributed by atoms with Crippen LogP contribution < -0.4 is 5.73 Å². The first-order valence-electron chi connectivity index (χ1n) is 3.84. The van der Waals surface area contributed by atoms with E-state index < -0.39 is 3.79 Å². The average Bonchev–Trinajstić information content (AvgIpc) is 2.47. The molecule has 0 amide bonds. The lowest BCUT2D eigenvalue weighted by Gasteiger charge is -2.12. The van der Waals surface area contributed by atoms with Crippen molar-refractivity contribution in [3.63, 3.8) is 0 Å². The minimum absolute atomic E-state index is 0.436. The second-order valence-corrected chi connectivity index (χ2v) is 4.87. The summed E-state index contributed by atoms with van der Waals surface area (Å²) >= 11 is 17.1. The summed E-state index contributed by atoms with van der Waals surface area (Å²) in [5.41, 5.74) is 5.37. The van der Waals surface area contributed by atoms with Gasteiger partial charge in [-0.25, -0.2) is 4.98 Å². The molecule has 3 nitrogen and oxygen atoms in total. The second-order valence-electron chi connectivity index (χ2n) is 2.58. The minimum atomic E-state index is -1.46. The Balaban J connectivity index is 2.77. The van der Waals surface area contributed by atoms with E-state index in [0.717, 1.165) is 13.0 Å². The molecule has 6 heteroatoms. The maximum absolute atomic E-state index is 5.70. The zero-order chi connectivity index (χ0) is 9.90. The first-order valence-corrected chi connectivity index (χ1v) is 4.97. The van der Waals surface area contributed by atoms with E-state index in [1.807, 2.05) is 0 Å². The summed E-state index contributed by atoms with van der Waals surface area (Å²) in [5.74, 6) is 0.436. The normalized spacial score (nSPS) is 12.0. The van der Waals surface area contributed by atoms with Crippen LogP contribution in [0, 0.1) is 0 Å². The monoisotopic (exact) mass is 241 g/mol. The summed E-state index contributed by atoms with van der Waals surface area (Å²) in [5, 5.41) is 0. The van der Waals surface area contributed by atoms with Gasteiger partial charge in [0, 0.05) is 18.9 Å². The Bertz CT molecular complexity index is 266. The van der Waals surface area contributed by atoms with E-state index in [0.29, 0.717) is 12.4 Å². The van der Waals surface area contributed by atoms with Crippen molar-refractivity contribution < 1.29 is 0 Å². The number of aromatic nitrogens is 2. The van der Waals surface area contributed by atoms with Crippen LogP contribution in [0.25, 0.3) is 0 Å². The topological polar surface area (TPSA) is 43.8 Å². The summed E-state index contributed by atoms with van der Waals surface area (Å²) in [6.07, 6.45) is 4.21. The molecule has 0 fully saturated rings. The molecule has 13 heavy (non-hydrogen) atoms. The third-order valence-electron chi connectivity index (χ3n) is 1.57. The number of nitrogens with zero attached hydrogens (tertiary/aromatic N) is 2. The zero-order valence-corrected chi connectivity index (χ0v) is 9.15. The number of nitrogens with two attached hydrogens (primary N) is 1. The molecule has 0 radical (unpaired) electrons. The van der Waals surface area contributed by atoms with Gasteiger partial charge in [0.05, 0.1) is 0 Å². The third-order valence-corrected chi connectivity index (χ3v) is 2.08. The molecule has 0 saturated heterocycles. The van der Waals surface area contributed by atoms with Crippen molar-refractivity contribution >= 4 is 34.8 Å². The van der Waals surface area contributed by atoms with E-state index in [2.05, 4.69) is 4.98 Å². The van der Waals surface area contributed by atoms with E-state index in [1.165, 1.54) is 0 Å². The number of hydrogen-bond acceptors (Lipinski definition) is 2. The van der Waals surface area contributed by atoms with Crippen molar-refractivity contribution in [2.45, 2.75) is 16.8 Å². The lowest BCUT2D eigenvalue weighted by Crippen LogP contribution is -2.13. The van der Waals surface area contributed by atoms with Gasteiger partial charge in [0.1, 0.15) is 0 Å². The fourth-order valence-electron chi connectivity index (χ4n) is 1.01. The van der Waals surface area contributed by atoms with Crippen molar-refractivity contribution in [2.24, 2.45) is 5.73 Å². The average molecular weight is 243 g/mol. The zero-order valence-electron chi connectivity index (χ0n) is 6.88. The van der Waals surface area contributed by atoms with Crippen LogP contribution in [0.2, 0.25) is 0 Å². The Labute approximate surface area is 91.8 Å². The highest BCUT2D eigenvalue weighted by molar-refractivity contribution is 6.66. The highest BCUT2D eigenvalue weighted by Gasteiger charge is 2.27. The Kier molecular flexibility index (Phi) is 3.86. The molecule has 0 spiro atoms. The van der Waals surface area contributed by atoms with E-state index >= 15 is 0 Å². The van der Waals surface area contributed by atoms with Crippen LogP contribution >= 0.6 is 34.8 Å². The third kappa shape index (κ3) is 3.02. The van der Waals surface area contributed by atoms with Crippen molar-refractivity contribution in [2.75, 3.05) is 6.54 Å². The van der Waals surface area contributed by atoms with Gasteiger partial charge in [0.2, 0.25) is 3.79 Å². The number of imidazole rings is 1. The standard InChI is InChI=1S/C7H10Cl3N3/c8-7(9,10)6-12-3-5-13(6)4-1-2-11/h3,5H,1-2,4,11H2. The highest BCUT2D eigenvalue weighted by Crippen LogP contribution is 2.36. The van der Waals surface area contributed by atoms with E-state index in [4.69, 9.17) is 40.5 Å². The lowest BCUT2D eigenvalue weighted by molar-refractivity contribution is 0.622. The number of hydrogen-bond donors (Lipinski definition) is 1. The maximum Gasteiger partial charge on any atom is 0.248 e. The maximum atomic E-state index is 5.70. The predicted octanol–water partition coefficient (Wildman–Crippen LogP) is 2.06. The number of rotatable bonds is 3. The first-order chi connectivity index (χ1) is 6.05. The molecule has 0 aromatic carbocycles. The molecule has 0 unspecified atom stereocenters. The number of aryl methyl sites for hydroxylation is 1. The van der Waals surface area contributed by atoms with Gasteiger partial charge in [0.25, 0.3) is 0 Å². The summed E-state index contributed by atoms with van der Waals surface area (Å²) in [4.78, 5) is 3.97. The molecule has 0 aliphatic carbocycles. The molecule has 0 aliphatic rings. The van der Waals surface area contributed by atoms with Gasteiger partial charge in [-0.05, 0) is 13.0 Å². The quantitative estimate of drug-likeness (QED) is 0.825. The minimum Gasteiger partial charge on any atom is -0.331 e. The van der Waals surface area contributed by atoms with Gasteiger partial charge < -0.3 is 10.3 Å². The van der Waals surface area contributed by atoms with Crippen molar-refractivity contribution in [1.82, 2.24) is 9.55 Å². The molecular weight excluding hydrogens is 232 g/mol. The highest BCUT2D eigenvalue weighted by atomic mass is 35.6. The molecule has 0 saturated carbocycles. The Morgan fingerprint density at radius 2 is 2.15 bits per heavy atom. The van der Waals surface area contributed by atoms with Crippen molar-refractivity contribution in [1.29, 1.82) is 0 Å². The smallest absolute Gasteiger partial charge is 0.248 e. The molecular formula is C7H10Cl3N3. The van der Waals surface area contributed by atoms with Crippen molar-refractivity contribution in [3.05, 3.63) is 18.2 Å². The Morgan fingerprint density at radius 1 is 1.46 bits per heavy atom. The van der Waals surface area contributed by atoms with Gasteiger partial charge >= 0.3 is 0 Å². The van der Waals surface area contributed by atoms with Crippen LogP contribution in [-0.2, 0) is 10.3 Å². The van der Waals surface area contributed by atoms with Crippen LogP contribution in [0.3, 0.4) is 0 Å². The molecule has 1 aromatic heterocycles. The van der Waals surface area contributed by atoms with Gasteiger partial charge in [-0.2, -0.15) is 0 Å². The predicted molar refractivity (Wildman–Crippen MR) is 55.1 cm³/mol. The van der Waals surface area contributed by atoms with Crippen LogP contribution in [-0.4, -0.2) is 16.1 Å². The van der Waals surface area contributed by atoms with Gasteiger partial charge in [-0.1, -0.05) is 34.8 Å². The van der Waals surface area contributed by atoms with Crippen molar-refractivity contribution in [3.8, 4) is 0 Å². The summed E-state index contributed by atoms with van der Waals surface area (Å²) in [6.45, 7) is 1.33. The van der Waals surface area contributed by atoms with Gasteiger partial charge in [-0.15, -0.1) is 0 Å². The molecule has 0 bridgehead atoms. The van der Waals surface area contributed by atoms with Crippen LogP contribution in [0.4, 0.5) is 0 Å². The van der Waals surface area contributed by atoms with Gasteiger partial charge in [-0.3, -0.25) is 0 Å². The van der Waals surface area contributed by atoms with E-state index in [1.54, 1.807) is 17.0 Å². The van der Waals surface area contributed by atoms with Gasteiger partial charge in [0.15, 0.2) is 5.82 Å². The lowest BCUT2D eigenvalue weighted by atomic mass is 10.4. The Morgan fingerprint density at radius 3 is 2.69 bits per heavy atom. The molecule has 2 N–H and O–H groups in total. The molecule has 0 atom stereocenters. The van der Waals surface area contributed by atoms with E-state index in [-0.39, 0.29) is 0 Å². The summed E-state index contributed by atoms with van der Waals surface area (Å²) in [7, 11) is 0. The largest absolute Gasteiger partial charge is 0.331 e. The van der Waals surface area contributed by atoms with Crippen LogP contribution in [0.15, 0.2) is 12.4 Å². The molecule has 1 rings (SSSR count). The molecule has 1 heterocycles. The molecule has 74 valence electrons. The fourth-order valence-corrected chi connectivity index (χ4v) is 1.48. The second kappa shape index (κ2) is 4.51. The SMILES string of the molecule is NCCCn1ccnc1C(Cl)(Cl)Cl. The Hall–Kier alpha value is 0.0400. The summed E-state index contributed by atoms with van der Waals surface area (Å²) < 4.78 is 0.331.